The van der Waals surface area contributed by atoms with Crippen LogP contribution in [0.4, 0.5) is 4.79 Å². The second-order valence-corrected chi connectivity index (χ2v) is 5.73. The van der Waals surface area contributed by atoms with Crippen LogP contribution in [0.25, 0.3) is 0 Å². The topological polar surface area (TPSA) is 79.9 Å². The van der Waals surface area contributed by atoms with E-state index in [1.807, 2.05) is 31.2 Å². The van der Waals surface area contributed by atoms with Gasteiger partial charge < -0.3 is 25.0 Å². The van der Waals surface area contributed by atoms with E-state index in [1.54, 1.807) is 19.1 Å². The summed E-state index contributed by atoms with van der Waals surface area (Å²) in [7, 11) is 3.31. The molecule has 0 saturated carbocycles. The van der Waals surface area contributed by atoms with Gasteiger partial charge in [-0.15, -0.1) is 0 Å². The molecule has 0 radical (unpaired) electrons. The Morgan fingerprint density at radius 3 is 2.62 bits per heavy atom. The quantitative estimate of drug-likeness (QED) is 0.787. The highest BCUT2D eigenvalue weighted by atomic mass is 16.5. The summed E-state index contributed by atoms with van der Waals surface area (Å²) in [4.78, 5) is 25.7. The van der Waals surface area contributed by atoms with Crippen molar-refractivity contribution in [2.45, 2.75) is 25.4 Å². The highest BCUT2D eigenvalue weighted by Crippen LogP contribution is 2.18. The maximum absolute atomic E-state index is 12.2. The monoisotopic (exact) mass is 335 g/mol. The Labute approximate surface area is 142 Å². The van der Waals surface area contributed by atoms with Crippen molar-refractivity contribution in [3.63, 3.8) is 0 Å². The van der Waals surface area contributed by atoms with Gasteiger partial charge >= 0.3 is 6.03 Å². The SMILES string of the molecule is CCOc1ccc([C@@H](COC)NC(=O)N[C@@H]2CCN(C)C2=O)cc1. The number of likely N-dealkylation sites (tertiary alicyclic amines) is 1. The van der Waals surface area contributed by atoms with Crippen molar-refractivity contribution in [3.8, 4) is 5.75 Å². The lowest BCUT2D eigenvalue weighted by Crippen LogP contribution is -2.47. The van der Waals surface area contributed by atoms with Crippen LogP contribution < -0.4 is 15.4 Å². The van der Waals surface area contributed by atoms with Gasteiger partial charge in [-0.1, -0.05) is 12.1 Å². The summed E-state index contributed by atoms with van der Waals surface area (Å²) in [6.07, 6.45) is 0.626. The van der Waals surface area contributed by atoms with Crippen LogP contribution in [0.5, 0.6) is 5.75 Å². The molecular formula is C17H25N3O4. The highest BCUT2D eigenvalue weighted by molar-refractivity contribution is 5.88. The average Bonchev–Trinajstić information content (AvgIpc) is 2.87. The smallest absolute Gasteiger partial charge is 0.316 e. The molecule has 1 heterocycles. The molecular weight excluding hydrogens is 310 g/mol. The van der Waals surface area contributed by atoms with Crippen molar-refractivity contribution < 1.29 is 19.1 Å². The van der Waals surface area contributed by atoms with Gasteiger partial charge in [0.25, 0.3) is 0 Å². The predicted molar refractivity (Wildman–Crippen MR) is 89.9 cm³/mol. The molecule has 2 rings (SSSR count). The Bertz CT molecular complexity index is 561. The van der Waals surface area contributed by atoms with E-state index in [1.165, 1.54) is 0 Å². The van der Waals surface area contributed by atoms with Crippen LogP contribution in [0.2, 0.25) is 0 Å². The number of rotatable bonds is 7. The van der Waals surface area contributed by atoms with Gasteiger partial charge in [-0.25, -0.2) is 4.79 Å². The molecule has 7 nitrogen and oxygen atoms in total. The van der Waals surface area contributed by atoms with E-state index in [0.717, 1.165) is 11.3 Å². The van der Waals surface area contributed by atoms with E-state index in [9.17, 15) is 9.59 Å². The Kier molecular flexibility index (Phi) is 6.43. The number of nitrogens with zero attached hydrogens (tertiary/aromatic N) is 1. The highest BCUT2D eigenvalue weighted by Gasteiger charge is 2.30. The summed E-state index contributed by atoms with van der Waals surface area (Å²) in [5.41, 5.74) is 0.908. The van der Waals surface area contributed by atoms with Crippen LogP contribution in [0.1, 0.15) is 24.9 Å². The second kappa shape index (κ2) is 8.54. The molecule has 2 atom stereocenters. The Morgan fingerprint density at radius 2 is 2.08 bits per heavy atom. The Hall–Kier alpha value is -2.28. The first-order chi connectivity index (χ1) is 11.5. The summed E-state index contributed by atoms with van der Waals surface area (Å²) in [6.45, 7) is 3.52. The second-order valence-electron chi connectivity index (χ2n) is 5.73. The maximum atomic E-state index is 12.2. The molecule has 1 aromatic carbocycles. The minimum atomic E-state index is -0.460. The van der Waals surface area contributed by atoms with Gasteiger partial charge in [0.15, 0.2) is 0 Å². The van der Waals surface area contributed by atoms with E-state index in [-0.39, 0.29) is 18.0 Å². The number of benzene rings is 1. The molecule has 0 bridgehead atoms. The number of carbonyl (C=O) groups excluding carboxylic acids is 2. The first kappa shape index (κ1) is 18.1. The number of urea groups is 1. The zero-order valence-corrected chi connectivity index (χ0v) is 14.4. The normalized spacial score (nSPS) is 18.4. The minimum Gasteiger partial charge on any atom is -0.494 e. The van der Waals surface area contributed by atoms with Gasteiger partial charge in [-0.05, 0) is 31.0 Å². The van der Waals surface area contributed by atoms with E-state index in [4.69, 9.17) is 9.47 Å². The lowest BCUT2D eigenvalue weighted by Gasteiger charge is -2.20. The van der Waals surface area contributed by atoms with Gasteiger partial charge in [0, 0.05) is 20.7 Å². The number of ether oxygens (including phenoxy) is 2. The Morgan fingerprint density at radius 1 is 1.38 bits per heavy atom. The molecule has 0 aliphatic carbocycles. The van der Waals surface area contributed by atoms with Gasteiger partial charge in [-0.3, -0.25) is 4.79 Å². The number of amides is 3. The van der Waals surface area contributed by atoms with Crippen LogP contribution in [0, 0.1) is 0 Å². The summed E-state index contributed by atoms with van der Waals surface area (Å²) in [6, 6.07) is 6.36. The third kappa shape index (κ3) is 4.61. The van der Waals surface area contributed by atoms with Crippen molar-refractivity contribution in [3.05, 3.63) is 29.8 Å². The van der Waals surface area contributed by atoms with Gasteiger partial charge in [0.05, 0.1) is 19.3 Å². The number of likely N-dealkylation sites (N-methyl/N-ethyl adjacent to an activating group) is 1. The molecule has 1 fully saturated rings. The zero-order chi connectivity index (χ0) is 17.5. The lowest BCUT2D eigenvalue weighted by molar-refractivity contribution is -0.128. The number of methoxy groups -OCH3 is 1. The van der Waals surface area contributed by atoms with Crippen molar-refractivity contribution in [1.29, 1.82) is 0 Å². The van der Waals surface area contributed by atoms with Crippen molar-refractivity contribution in [1.82, 2.24) is 15.5 Å². The van der Waals surface area contributed by atoms with Gasteiger partial charge in [0.2, 0.25) is 5.91 Å². The summed E-state index contributed by atoms with van der Waals surface area (Å²) >= 11 is 0. The molecule has 2 N–H and O–H groups in total. The van der Waals surface area contributed by atoms with Crippen molar-refractivity contribution in [2.24, 2.45) is 0 Å². The summed E-state index contributed by atoms with van der Waals surface area (Å²) < 4.78 is 10.6. The fourth-order valence-corrected chi connectivity index (χ4v) is 2.67. The van der Waals surface area contributed by atoms with Crippen LogP contribution >= 0.6 is 0 Å². The molecule has 0 spiro atoms. The number of carbonyl (C=O) groups is 2. The molecule has 7 heteroatoms. The lowest BCUT2D eigenvalue weighted by atomic mass is 10.1. The maximum Gasteiger partial charge on any atom is 0.316 e. The molecule has 1 aliphatic rings. The van der Waals surface area contributed by atoms with E-state index in [0.29, 0.717) is 26.2 Å². The van der Waals surface area contributed by atoms with Crippen molar-refractivity contribution >= 4 is 11.9 Å². The molecule has 24 heavy (non-hydrogen) atoms. The zero-order valence-electron chi connectivity index (χ0n) is 14.4. The molecule has 3 amide bonds. The summed E-state index contributed by atoms with van der Waals surface area (Å²) in [5, 5.41) is 5.59. The molecule has 132 valence electrons. The van der Waals surface area contributed by atoms with Crippen LogP contribution in [-0.4, -0.2) is 56.8 Å². The largest absolute Gasteiger partial charge is 0.494 e. The first-order valence-corrected chi connectivity index (χ1v) is 8.08. The van der Waals surface area contributed by atoms with E-state index >= 15 is 0 Å². The van der Waals surface area contributed by atoms with Crippen LogP contribution in [-0.2, 0) is 9.53 Å². The minimum absolute atomic E-state index is 0.0606. The average molecular weight is 335 g/mol. The van der Waals surface area contributed by atoms with Crippen LogP contribution in [0.3, 0.4) is 0 Å². The van der Waals surface area contributed by atoms with E-state index in [2.05, 4.69) is 10.6 Å². The fourth-order valence-electron chi connectivity index (χ4n) is 2.67. The Balaban J connectivity index is 1.97. The molecule has 0 unspecified atom stereocenters. The third-order valence-electron chi connectivity index (χ3n) is 3.96. The number of hydrogen-bond donors (Lipinski definition) is 2. The molecule has 0 aromatic heterocycles. The molecule has 1 saturated heterocycles. The van der Waals surface area contributed by atoms with Gasteiger partial charge in [-0.2, -0.15) is 0 Å². The fraction of sp³-hybridized carbons (Fsp3) is 0.529. The summed E-state index contributed by atoms with van der Waals surface area (Å²) in [5.74, 6) is 0.718. The molecule has 1 aliphatic heterocycles. The third-order valence-corrected chi connectivity index (χ3v) is 3.96. The number of hydrogen-bond acceptors (Lipinski definition) is 4. The standard InChI is InChI=1S/C17H25N3O4/c1-4-24-13-7-5-12(6-8-13)15(11-23-3)19-17(22)18-14-9-10-20(2)16(14)21/h5-8,14-15H,4,9-11H2,1-3H3,(H2,18,19,22)/t14-,15-/m1/s1. The first-order valence-electron chi connectivity index (χ1n) is 8.08. The van der Waals surface area contributed by atoms with Crippen molar-refractivity contribution in [2.75, 3.05) is 33.9 Å². The van der Waals surface area contributed by atoms with Gasteiger partial charge in [0.1, 0.15) is 11.8 Å². The van der Waals surface area contributed by atoms with E-state index < -0.39 is 6.04 Å². The number of nitrogens with one attached hydrogen (secondary N) is 2. The molecule has 1 aromatic rings. The predicted octanol–water partition coefficient (Wildman–Crippen LogP) is 1.30. The van der Waals surface area contributed by atoms with Crippen LogP contribution in [0.15, 0.2) is 24.3 Å².